The first kappa shape index (κ1) is 18.9. The van der Waals surface area contributed by atoms with Crippen molar-refractivity contribution >= 4 is 10.4 Å². The molecule has 0 N–H and O–H groups in total. The van der Waals surface area contributed by atoms with Crippen molar-refractivity contribution in [3.8, 4) is 0 Å². The predicted octanol–water partition coefficient (Wildman–Crippen LogP) is -0.784. The van der Waals surface area contributed by atoms with Crippen molar-refractivity contribution in [2.75, 3.05) is 0 Å². The minimum atomic E-state index is -4.53. The summed E-state index contributed by atoms with van der Waals surface area (Å²) in [7, 11) is -4.53. The van der Waals surface area contributed by atoms with Crippen LogP contribution in [0.2, 0.25) is 0 Å². The van der Waals surface area contributed by atoms with E-state index < -0.39 is 16.5 Å². The second-order valence-electron chi connectivity index (χ2n) is 3.41. The van der Waals surface area contributed by atoms with Crippen LogP contribution in [0.25, 0.3) is 0 Å². The fourth-order valence-electron chi connectivity index (χ4n) is 1.27. The molecular weight excluding hydrogens is 243 g/mol. The summed E-state index contributed by atoms with van der Waals surface area (Å²) in [5.41, 5.74) is 0. The van der Waals surface area contributed by atoms with Gasteiger partial charge in [-0.1, -0.05) is 39.5 Å². The second kappa shape index (κ2) is 10.6. The standard InChI is InChI=1S/C9H20O4S.K/c1-3-5-7-9(8-6-4-2)13-14(10,11)12;/h9H,3-8H2,1-2H3,(H,10,11,12);/q;+1/p-1. The summed E-state index contributed by atoms with van der Waals surface area (Å²) in [5.74, 6) is 0. The Balaban J connectivity index is 0. The monoisotopic (exact) mass is 262 g/mol. The van der Waals surface area contributed by atoms with Crippen LogP contribution in [0.5, 0.6) is 0 Å². The van der Waals surface area contributed by atoms with Crippen LogP contribution >= 0.6 is 0 Å². The molecule has 0 aliphatic rings. The molecule has 0 saturated heterocycles. The molecule has 0 saturated carbocycles. The van der Waals surface area contributed by atoms with E-state index in [-0.39, 0.29) is 51.4 Å². The van der Waals surface area contributed by atoms with Crippen LogP contribution in [-0.4, -0.2) is 19.1 Å². The summed E-state index contributed by atoms with van der Waals surface area (Å²) in [6, 6.07) is 0. The van der Waals surface area contributed by atoms with E-state index in [0.29, 0.717) is 12.8 Å². The summed E-state index contributed by atoms with van der Waals surface area (Å²) in [6.45, 7) is 4.03. The summed E-state index contributed by atoms with van der Waals surface area (Å²) < 4.78 is 35.6. The van der Waals surface area contributed by atoms with Crippen molar-refractivity contribution in [2.45, 2.75) is 58.5 Å². The third kappa shape index (κ3) is 13.4. The van der Waals surface area contributed by atoms with Gasteiger partial charge in [-0.15, -0.1) is 0 Å². The first-order chi connectivity index (χ1) is 6.49. The molecule has 0 aliphatic carbocycles. The SMILES string of the molecule is CCCCC(CCCC)OS(=O)(=O)[O-].[K+]. The number of rotatable bonds is 8. The maximum Gasteiger partial charge on any atom is 1.00 e. The Bertz CT molecular complexity index is 220. The van der Waals surface area contributed by atoms with Crippen LogP contribution < -0.4 is 51.4 Å². The molecule has 0 fully saturated rings. The first-order valence-electron chi connectivity index (χ1n) is 5.13. The van der Waals surface area contributed by atoms with E-state index >= 15 is 0 Å². The molecule has 0 spiro atoms. The molecule has 0 amide bonds. The van der Waals surface area contributed by atoms with E-state index in [0.717, 1.165) is 25.7 Å². The molecule has 0 atom stereocenters. The molecule has 0 aliphatic heterocycles. The van der Waals surface area contributed by atoms with Crippen molar-refractivity contribution in [3.05, 3.63) is 0 Å². The third-order valence-electron chi connectivity index (χ3n) is 2.01. The quantitative estimate of drug-likeness (QED) is 0.327. The molecule has 0 aromatic rings. The molecule has 0 aromatic heterocycles. The first-order valence-corrected chi connectivity index (χ1v) is 6.47. The van der Waals surface area contributed by atoms with E-state index in [1.807, 2.05) is 13.8 Å². The zero-order chi connectivity index (χ0) is 11.0. The van der Waals surface area contributed by atoms with Crippen LogP contribution in [0.1, 0.15) is 52.4 Å². The minimum absolute atomic E-state index is 0. The van der Waals surface area contributed by atoms with Crippen molar-refractivity contribution in [1.82, 2.24) is 0 Å². The molecule has 6 heteroatoms. The van der Waals surface area contributed by atoms with Gasteiger partial charge in [0.05, 0.1) is 6.10 Å². The van der Waals surface area contributed by atoms with Gasteiger partial charge in [0.25, 0.3) is 0 Å². The van der Waals surface area contributed by atoms with Crippen LogP contribution in [0, 0.1) is 0 Å². The Kier molecular flexibility index (Phi) is 13.4. The Labute approximate surface area is 136 Å². The second-order valence-corrected chi connectivity index (χ2v) is 4.42. The molecule has 0 rings (SSSR count). The summed E-state index contributed by atoms with van der Waals surface area (Å²) in [6.07, 6.45) is 4.62. The van der Waals surface area contributed by atoms with Gasteiger partial charge in [0, 0.05) is 0 Å². The van der Waals surface area contributed by atoms with E-state index in [1.165, 1.54) is 0 Å². The van der Waals surface area contributed by atoms with Crippen molar-refractivity contribution in [3.63, 3.8) is 0 Å². The van der Waals surface area contributed by atoms with Crippen molar-refractivity contribution in [2.24, 2.45) is 0 Å². The Morgan fingerprint density at radius 3 is 1.80 bits per heavy atom. The average molecular weight is 262 g/mol. The van der Waals surface area contributed by atoms with Gasteiger partial charge in [-0.25, -0.2) is 8.42 Å². The number of unbranched alkanes of at least 4 members (excludes halogenated alkanes) is 2. The van der Waals surface area contributed by atoms with E-state index in [2.05, 4.69) is 4.18 Å². The van der Waals surface area contributed by atoms with E-state index in [4.69, 9.17) is 0 Å². The molecule has 0 bridgehead atoms. The van der Waals surface area contributed by atoms with Crippen LogP contribution in [0.4, 0.5) is 0 Å². The summed E-state index contributed by atoms with van der Waals surface area (Å²) >= 11 is 0. The summed E-state index contributed by atoms with van der Waals surface area (Å²) in [4.78, 5) is 0. The molecule has 0 unspecified atom stereocenters. The Morgan fingerprint density at radius 2 is 1.53 bits per heavy atom. The Morgan fingerprint density at radius 1 is 1.13 bits per heavy atom. The molecule has 0 heterocycles. The van der Waals surface area contributed by atoms with Crippen molar-refractivity contribution < 1.29 is 68.5 Å². The fraction of sp³-hybridized carbons (Fsp3) is 1.00. The van der Waals surface area contributed by atoms with Gasteiger partial charge in [-0.2, -0.15) is 0 Å². The normalized spacial score (nSPS) is 11.5. The maximum atomic E-state index is 10.4. The van der Waals surface area contributed by atoms with Crippen LogP contribution in [0.15, 0.2) is 0 Å². The summed E-state index contributed by atoms with van der Waals surface area (Å²) in [5, 5.41) is 0. The van der Waals surface area contributed by atoms with Gasteiger partial charge in [-0.05, 0) is 12.8 Å². The zero-order valence-corrected chi connectivity index (χ0v) is 13.8. The minimum Gasteiger partial charge on any atom is -0.726 e. The third-order valence-corrected chi connectivity index (χ3v) is 2.52. The number of hydrogen-bond acceptors (Lipinski definition) is 4. The van der Waals surface area contributed by atoms with Gasteiger partial charge in [0.2, 0.25) is 10.4 Å². The van der Waals surface area contributed by atoms with Gasteiger partial charge >= 0.3 is 51.4 Å². The molecule has 0 aromatic carbocycles. The predicted molar refractivity (Wildman–Crippen MR) is 53.6 cm³/mol. The smallest absolute Gasteiger partial charge is 0.726 e. The van der Waals surface area contributed by atoms with Gasteiger partial charge in [0.15, 0.2) is 0 Å². The van der Waals surface area contributed by atoms with Crippen LogP contribution in [-0.2, 0) is 14.6 Å². The molecule has 4 nitrogen and oxygen atoms in total. The molecule has 0 radical (unpaired) electrons. The molecule has 15 heavy (non-hydrogen) atoms. The largest absolute Gasteiger partial charge is 1.00 e. The van der Waals surface area contributed by atoms with Crippen LogP contribution in [0.3, 0.4) is 0 Å². The molecule has 86 valence electrons. The van der Waals surface area contributed by atoms with Crippen molar-refractivity contribution in [1.29, 1.82) is 0 Å². The Hall–Kier alpha value is 1.51. The number of hydrogen-bond donors (Lipinski definition) is 0. The van der Waals surface area contributed by atoms with E-state index in [9.17, 15) is 13.0 Å². The topological polar surface area (TPSA) is 66.4 Å². The average Bonchev–Trinajstić information content (AvgIpc) is 2.07. The molecular formula is C9H19KO4S. The van der Waals surface area contributed by atoms with E-state index in [1.54, 1.807) is 0 Å². The fourth-order valence-corrected chi connectivity index (χ4v) is 1.80. The maximum absolute atomic E-state index is 10.4. The van der Waals surface area contributed by atoms with Gasteiger partial charge in [-0.3, -0.25) is 4.18 Å². The van der Waals surface area contributed by atoms with Gasteiger partial charge < -0.3 is 4.55 Å². The van der Waals surface area contributed by atoms with Gasteiger partial charge in [0.1, 0.15) is 0 Å². The zero-order valence-electron chi connectivity index (χ0n) is 9.86.